The van der Waals surface area contributed by atoms with E-state index < -0.39 is 21.6 Å². The van der Waals surface area contributed by atoms with Gasteiger partial charge in [0.05, 0.1) is 5.41 Å². The summed E-state index contributed by atoms with van der Waals surface area (Å²) in [6.07, 6.45) is 5.65. The van der Waals surface area contributed by atoms with Crippen LogP contribution in [0.25, 0.3) is 0 Å². The molecule has 3 fully saturated rings. The molecule has 0 aliphatic carbocycles. The quantitative estimate of drug-likeness (QED) is 0.729. The van der Waals surface area contributed by atoms with E-state index in [1.165, 1.54) is 4.31 Å². The molecule has 3 saturated heterocycles. The Morgan fingerprint density at radius 1 is 1.12 bits per heavy atom. The molecule has 0 radical (unpaired) electrons. The summed E-state index contributed by atoms with van der Waals surface area (Å²) >= 11 is 0. The van der Waals surface area contributed by atoms with Gasteiger partial charge in [0, 0.05) is 51.7 Å². The van der Waals surface area contributed by atoms with E-state index in [-0.39, 0.29) is 12.5 Å². The van der Waals surface area contributed by atoms with Gasteiger partial charge in [-0.2, -0.15) is 17.0 Å². The summed E-state index contributed by atoms with van der Waals surface area (Å²) in [4.78, 5) is 14.0. The Morgan fingerprint density at radius 2 is 1.79 bits per heavy atom. The molecule has 24 heavy (non-hydrogen) atoms. The fourth-order valence-electron chi connectivity index (χ4n) is 4.36. The molecule has 0 saturated carbocycles. The molecule has 1 N–H and O–H groups in total. The maximum absolute atomic E-state index is 13.0. The van der Waals surface area contributed by atoms with Crippen LogP contribution < -0.4 is 0 Å². The summed E-state index contributed by atoms with van der Waals surface area (Å²) in [6, 6.07) is 0. The van der Waals surface area contributed by atoms with Crippen molar-refractivity contribution in [3.05, 3.63) is 12.7 Å². The molecule has 3 rings (SSSR count). The predicted molar refractivity (Wildman–Crippen MR) is 90.7 cm³/mol. The van der Waals surface area contributed by atoms with Gasteiger partial charge in [0.2, 0.25) is 0 Å². The van der Waals surface area contributed by atoms with Gasteiger partial charge in [-0.25, -0.2) is 0 Å². The molecule has 0 spiro atoms. The zero-order valence-corrected chi connectivity index (χ0v) is 14.9. The number of fused-ring (bicyclic) bond motifs is 1. The average Bonchev–Trinajstić information content (AvgIpc) is 2.90. The summed E-state index contributed by atoms with van der Waals surface area (Å²) in [5.41, 5.74) is -0.984. The van der Waals surface area contributed by atoms with Crippen LogP contribution in [-0.2, 0) is 15.0 Å². The van der Waals surface area contributed by atoms with E-state index in [9.17, 15) is 18.3 Å². The number of carboxylic acids is 1. The van der Waals surface area contributed by atoms with Gasteiger partial charge < -0.3 is 5.11 Å². The van der Waals surface area contributed by atoms with Gasteiger partial charge in [-0.1, -0.05) is 18.9 Å². The predicted octanol–water partition coefficient (Wildman–Crippen LogP) is 0.612. The summed E-state index contributed by atoms with van der Waals surface area (Å²) in [6.45, 7) is 6.84. The number of aliphatic carboxylic acids is 1. The van der Waals surface area contributed by atoms with Gasteiger partial charge in [-0.3, -0.25) is 9.69 Å². The maximum Gasteiger partial charge on any atom is 0.312 e. The minimum Gasteiger partial charge on any atom is -0.481 e. The molecule has 0 unspecified atom stereocenters. The summed E-state index contributed by atoms with van der Waals surface area (Å²) in [7, 11) is -3.56. The Balaban J connectivity index is 1.78. The second kappa shape index (κ2) is 6.74. The summed E-state index contributed by atoms with van der Waals surface area (Å²) in [5, 5.41) is 9.81. The van der Waals surface area contributed by atoms with Gasteiger partial charge in [-0.15, -0.1) is 6.58 Å². The summed E-state index contributed by atoms with van der Waals surface area (Å²) < 4.78 is 28.9. The average molecular weight is 357 g/mol. The Labute approximate surface area is 144 Å². The first-order valence-electron chi connectivity index (χ1n) is 8.72. The lowest BCUT2D eigenvalue weighted by atomic mass is 9.81. The minimum absolute atomic E-state index is 0.0828. The van der Waals surface area contributed by atoms with E-state index in [1.807, 2.05) is 0 Å². The van der Waals surface area contributed by atoms with Crippen LogP contribution in [0.3, 0.4) is 0 Å². The van der Waals surface area contributed by atoms with Crippen molar-refractivity contribution >= 4 is 16.2 Å². The first-order chi connectivity index (χ1) is 11.4. The number of hydrogen-bond acceptors (Lipinski definition) is 4. The normalized spacial score (nSPS) is 33.2. The maximum atomic E-state index is 13.0. The highest BCUT2D eigenvalue weighted by Crippen LogP contribution is 2.44. The van der Waals surface area contributed by atoms with Crippen molar-refractivity contribution in [3.8, 4) is 0 Å². The first-order valence-corrected chi connectivity index (χ1v) is 10.1. The molecule has 3 aliphatic rings. The standard InChI is InChI=1S/C16H27N3O4S/c1-2-7-17-10-14-11-19(13-16(14,12-17)15(20)21)24(22,23)18-8-5-3-4-6-9-18/h2,14H,1,3-13H2,(H,20,21)/t14-,16-/m0/s1. The number of carbonyl (C=O) groups is 1. The van der Waals surface area contributed by atoms with Gasteiger partial charge in [0.15, 0.2) is 0 Å². The van der Waals surface area contributed by atoms with Crippen LogP contribution in [0.4, 0.5) is 0 Å². The van der Waals surface area contributed by atoms with Crippen LogP contribution in [0.5, 0.6) is 0 Å². The monoisotopic (exact) mass is 357 g/mol. The molecule has 3 heterocycles. The number of hydrogen-bond donors (Lipinski definition) is 1. The number of nitrogens with zero attached hydrogens (tertiary/aromatic N) is 3. The lowest BCUT2D eigenvalue weighted by Gasteiger charge is -2.29. The second-order valence-electron chi connectivity index (χ2n) is 7.25. The number of rotatable bonds is 5. The molecule has 3 aliphatic heterocycles. The van der Waals surface area contributed by atoms with Gasteiger partial charge >= 0.3 is 5.97 Å². The van der Waals surface area contributed by atoms with Crippen molar-refractivity contribution in [2.75, 3.05) is 45.8 Å². The lowest BCUT2D eigenvalue weighted by Crippen LogP contribution is -2.46. The fraction of sp³-hybridized carbons (Fsp3) is 0.812. The first kappa shape index (κ1) is 17.8. The Kier molecular flexibility index (Phi) is 5.01. The Hall–Kier alpha value is -0.960. The van der Waals surface area contributed by atoms with Gasteiger partial charge in [0.1, 0.15) is 0 Å². The molecule has 8 heteroatoms. The fourth-order valence-corrected chi connectivity index (χ4v) is 6.17. The third kappa shape index (κ3) is 3.00. The third-order valence-electron chi connectivity index (χ3n) is 5.68. The van der Waals surface area contributed by atoms with Crippen LogP contribution in [0, 0.1) is 11.3 Å². The molecule has 0 aromatic carbocycles. The van der Waals surface area contributed by atoms with E-state index in [1.54, 1.807) is 10.4 Å². The highest BCUT2D eigenvalue weighted by Gasteiger charge is 2.59. The van der Waals surface area contributed by atoms with Crippen molar-refractivity contribution < 1.29 is 18.3 Å². The van der Waals surface area contributed by atoms with E-state index >= 15 is 0 Å². The van der Waals surface area contributed by atoms with Crippen LogP contribution in [0.2, 0.25) is 0 Å². The van der Waals surface area contributed by atoms with Crippen LogP contribution in [-0.4, -0.2) is 78.8 Å². The molecule has 7 nitrogen and oxygen atoms in total. The number of carboxylic acid groups (broad SMARTS) is 1. The Morgan fingerprint density at radius 3 is 2.33 bits per heavy atom. The van der Waals surface area contributed by atoms with Crippen molar-refractivity contribution in [3.63, 3.8) is 0 Å². The minimum atomic E-state index is -3.56. The van der Waals surface area contributed by atoms with Crippen molar-refractivity contribution in [2.45, 2.75) is 25.7 Å². The zero-order valence-electron chi connectivity index (χ0n) is 14.1. The molecule has 2 atom stereocenters. The van der Waals surface area contributed by atoms with Crippen molar-refractivity contribution in [1.29, 1.82) is 0 Å². The van der Waals surface area contributed by atoms with E-state index in [0.29, 0.717) is 39.3 Å². The molecule has 0 aromatic heterocycles. The summed E-state index contributed by atoms with van der Waals surface area (Å²) in [5.74, 6) is -1.04. The smallest absolute Gasteiger partial charge is 0.312 e. The Bertz CT molecular complexity index is 600. The largest absolute Gasteiger partial charge is 0.481 e. The van der Waals surface area contributed by atoms with Crippen LogP contribution in [0.15, 0.2) is 12.7 Å². The second-order valence-corrected chi connectivity index (χ2v) is 9.18. The van der Waals surface area contributed by atoms with Crippen molar-refractivity contribution in [2.24, 2.45) is 11.3 Å². The zero-order chi connectivity index (χ0) is 17.4. The molecule has 0 bridgehead atoms. The van der Waals surface area contributed by atoms with Gasteiger partial charge in [-0.05, 0) is 12.8 Å². The van der Waals surface area contributed by atoms with Crippen LogP contribution in [0.1, 0.15) is 25.7 Å². The topological polar surface area (TPSA) is 81.2 Å². The van der Waals surface area contributed by atoms with Crippen LogP contribution >= 0.6 is 0 Å². The van der Waals surface area contributed by atoms with Gasteiger partial charge in [0.25, 0.3) is 10.2 Å². The molecule has 0 aromatic rings. The molecule has 136 valence electrons. The molecular weight excluding hydrogens is 330 g/mol. The SMILES string of the molecule is C=CCN1C[C@H]2CN(S(=O)(=O)N3CCCCCC3)C[C@@]2(C(=O)O)C1. The molecule has 0 amide bonds. The van der Waals surface area contributed by atoms with E-state index in [4.69, 9.17) is 0 Å². The molecular formula is C16H27N3O4S. The number of likely N-dealkylation sites (tertiary alicyclic amines) is 1. The highest BCUT2D eigenvalue weighted by atomic mass is 32.2. The lowest BCUT2D eigenvalue weighted by molar-refractivity contribution is -0.148. The third-order valence-corrected chi connectivity index (χ3v) is 7.63. The van der Waals surface area contributed by atoms with E-state index in [0.717, 1.165) is 25.7 Å². The van der Waals surface area contributed by atoms with Crippen molar-refractivity contribution in [1.82, 2.24) is 13.5 Å². The highest BCUT2D eigenvalue weighted by molar-refractivity contribution is 7.86. The van der Waals surface area contributed by atoms with E-state index in [2.05, 4.69) is 11.5 Å².